The summed E-state index contributed by atoms with van der Waals surface area (Å²) in [6.07, 6.45) is 0.728. The third-order valence-corrected chi connectivity index (χ3v) is 4.37. The SMILES string of the molecule is CC(C)(C)CNC(=O)Cn1nc(C2CCC(=O)NC2=O)c2ccccc21. The lowest BCUT2D eigenvalue weighted by Crippen LogP contribution is -2.39. The number of carbonyl (C=O) groups is 3. The lowest BCUT2D eigenvalue weighted by molar-refractivity contribution is -0.134. The lowest BCUT2D eigenvalue weighted by atomic mass is 9.93. The smallest absolute Gasteiger partial charge is 0.241 e. The molecule has 138 valence electrons. The van der Waals surface area contributed by atoms with Crippen molar-refractivity contribution >= 4 is 28.6 Å². The summed E-state index contributed by atoms with van der Waals surface area (Å²) in [7, 11) is 0. The number of benzene rings is 1. The highest BCUT2D eigenvalue weighted by Crippen LogP contribution is 2.30. The highest BCUT2D eigenvalue weighted by Gasteiger charge is 2.31. The molecular formula is C19H24N4O3. The van der Waals surface area contributed by atoms with Gasteiger partial charge in [-0.25, -0.2) is 0 Å². The molecule has 1 fully saturated rings. The lowest BCUT2D eigenvalue weighted by Gasteiger charge is -2.19. The monoisotopic (exact) mass is 356 g/mol. The van der Waals surface area contributed by atoms with Crippen molar-refractivity contribution in [3.8, 4) is 0 Å². The summed E-state index contributed by atoms with van der Waals surface area (Å²) in [5.74, 6) is -1.18. The third kappa shape index (κ3) is 3.92. The van der Waals surface area contributed by atoms with E-state index in [1.165, 1.54) is 0 Å². The van der Waals surface area contributed by atoms with Crippen molar-refractivity contribution in [1.29, 1.82) is 0 Å². The number of rotatable bonds is 4. The van der Waals surface area contributed by atoms with E-state index in [9.17, 15) is 14.4 Å². The van der Waals surface area contributed by atoms with Crippen LogP contribution in [0.1, 0.15) is 45.2 Å². The summed E-state index contributed by atoms with van der Waals surface area (Å²) in [6, 6.07) is 7.53. The molecule has 0 spiro atoms. The zero-order chi connectivity index (χ0) is 18.9. The molecule has 0 aliphatic carbocycles. The Morgan fingerprint density at radius 1 is 1.31 bits per heavy atom. The molecule has 0 radical (unpaired) electrons. The number of carbonyl (C=O) groups excluding carboxylic acids is 3. The van der Waals surface area contributed by atoms with E-state index in [1.807, 2.05) is 24.3 Å². The second-order valence-corrected chi connectivity index (χ2v) is 7.90. The van der Waals surface area contributed by atoms with Crippen molar-refractivity contribution in [2.24, 2.45) is 5.41 Å². The zero-order valence-electron chi connectivity index (χ0n) is 15.3. The second-order valence-electron chi connectivity index (χ2n) is 7.90. The standard InChI is InChI=1S/C19H24N4O3/c1-19(2,3)11-20-16(25)10-23-14-7-5-4-6-12(14)17(22-23)13-8-9-15(24)21-18(13)26/h4-7,13H,8-11H2,1-3H3,(H,20,25)(H,21,24,26). The van der Waals surface area contributed by atoms with Gasteiger partial charge in [-0.15, -0.1) is 0 Å². The van der Waals surface area contributed by atoms with E-state index in [2.05, 4.69) is 36.5 Å². The largest absolute Gasteiger partial charge is 0.354 e. The van der Waals surface area contributed by atoms with Gasteiger partial charge in [0, 0.05) is 18.4 Å². The van der Waals surface area contributed by atoms with Gasteiger partial charge in [0.15, 0.2) is 0 Å². The van der Waals surface area contributed by atoms with Crippen molar-refractivity contribution in [2.75, 3.05) is 6.54 Å². The summed E-state index contributed by atoms with van der Waals surface area (Å²) >= 11 is 0. The molecule has 1 unspecified atom stereocenters. The van der Waals surface area contributed by atoms with E-state index in [0.717, 1.165) is 10.9 Å². The maximum Gasteiger partial charge on any atom is 0.241 e. The van der Waals surface area contributed by atoms with Crippen LogP contribution in [0.3, 0.4) is 0 Å². The van der Waals surface area contributed by atoms with Gasteiger partial charge < -0.3 is 5.32 Å². The fourth-order valence-electron chi connectivity index (χ4n) is 3.04. The fraction of sp³-hybridized carbons (Fsp3) is 0.474. The predicted molar refractivity (Wildman–Crippen MR) is 97.3 cm³/mol. The van der Waals surface area contributed by atoms with Crippen molar-refractivity contribution in [1.82, 2.24) is 20.4 Å². The van der Waals surface area contributed by atoms with Gasteiger partial charge in [-0.2, -0.15) is 5.10 Å². The first-order valence-corrected chi connectivity index (χ1v) is 8.80. The average molecular weight is 356 g/mol. The van der Waals surface area contributed by atoms with Gasteiger partial charge in [0.05, 0.1) is 17.1 Å². The van der Waals surface area contributed by atoms with Crippen LogP contribution in [0.5, 0.6) is 0 Å². The molecule has 26 heavy (non-hydrogen) atoms. The molecule has 1 aliphatic rings. The molecule has 0 bridgehead atoms. The first-order chi connectivity index (χ1) is 12.2. The van der Waals surface area contributed by atoms with E-state index in [-0.39, 0.29) is 29.7 Å². The number of hydrogen-bond acceptors (Lipinski definition) is 4. The maximum atomic E-state index is 12.3. The Kier molecular flexibility index (Phi) is 4.80. The average Bonchev–Trinajstić information content (AvgIpc) is 2.91. The zero-order valence-corrected chi connectivity index (χ0v) is 15.3. The highest BCUT2D eigenvalue weighted by molar-refractivity contribution is 6.02. The number of nitrogens with zero attached hydrogens (tertiary/aromatic N) is 2. The van der Waals surface area contributed by atoms with Gasteiger partial charge in [0.1, 0.15) is 6.54 Å². The number of fused-ring (bicyclic) bond motifs is 1. The number of hydrogen-bond donors (Lipinski definition) is 2. The number of nitrogens with one attached hydrogen (secondary N) is 2. The topological polar surface area (TPSA) is 93.1 Å². The molecule has 1 aliphatic heterocycles. The summed E-state index contributed by atoms with van der Waals surface area (Å²) in [4.78, 5) is 35.9. The minimum absolute atomic E-state index is 0.000270. The molecule has 1 saturated heterocycles. The van der Waals surface area contributed by atoms with Gasteiger partial charge in [0.25, 0.3) is 0 Å². The van der Waals surface area contributed by atoms with Crippen LogP contribution in [0.25, 0.3) is 10.9 Å². The van der Waals surface area contributed by atoms with Crippen LogP contribution in [-0.2, 0) is 20.9 Å². The minimum Gasteiger partial charge on any atom is -0.354 e. The molecular weight excluding hydrogens is 332 g/mol. The quantitative estimate of drug-likeness (QED) is 0.816. The number of imide groups is 1. The number of aromatic nitrogens is 2. The van der Waals surface area contributed by atoms with Gasteiger partial charge in [-0.3, -0.25) is 24.4 Å². The van der Waals surface area contributed by atoms with Crippen LogP contribution in [0, 0.1) is 5.41 Å². The molecule has 1 aromatic carbocycles. The molecule has 1 atom stereocenters. The van der Waals surface area contributed by atoms with Crippen molar-refractivity contribution < 1.29 is 14.4 Å². The van der Waals surface area contributed by atoms with Crippen molar-refractivity contribution in [3.05, 3.63) is 30.0 Å². The van der Waals surface area contributed by atoms with Crippen LogP contribution in [0.2, 0.25) is 0 Å². The van der Waals surface area contributed by atoms with E-state index in [4.69, 9.17) is 0 Å². The molecule has 0 saturated carbocycles. The van der Waals surface area contributed by atoms with Crippen LogP contribution in [0.4, 0.5) is 0 Å². The number of para-hydroxylation sites is 1. The van der Waals surface area contributed by atoms with Gasteiger partial charge in [-0.05, 0) is 17.9 Å². The second kappa shape index (κ2) is 6.90. The molecule has 2 aromatic rings. The molecule has 1 aromatic heterocycles. The molecule has 7 heteroatoms. The van der Waals surface area contributed by atoms with E-state index < -0.39 is 5.92 Å². The molecule has 2 N–H and O–H groups in total. The Labute approximate surface area is 152 Å². The number of piperidine rings is 1. The third-order valence-electron chi connectivity index (χ3n) is 4.37. The molecule has 3 rings (SSSR count). The Hall–Kier alpha value is -2.70. The Bertz CT molecular complexity index is 863. The maximum absolute atomic E-state index is 12.3. The van der Waals surface area contributed by atoms with E-state index in [0.29, 0.717) is 25.1 Å². The summed E-state index contributed by atoms with van der Waals surface area (Å²) in [5.41, 5.74) is 1.42. The predicted octanol–water partition coefficient (Wildman–Crippen LogP) is 1.72. The Morgan fingerprint density at radius 3 is 2.73 bits per heavy atom. The van der Waals surface area contributed by atoms with Crippen LogP contribution < -0.4 is 10.6 Å². The fourth-order valence-corrected chi connectivity index (χ4v) is 3.04. The number of amides is 3. The molecule has 7 nitrogen and oxygen atoms in total. The molecule has 3 amide bonds. The molecule has 2 heterocycles. The first kappa shape index (κ1) is 18.1. The van der Waals surface area contributed by atoms with Gasteiger partial charge >= 0.3 is 0 Å². The summed E-state index contributed by atoms with van der Waals surface area (Å²) < 4.78 is 1.63. The van der Waals surface area contributed by atoms with Gasteiger partial charge in [-0.1, -0.05) is 39.0 Å². The van der Waals surface area contributed by atoms with Crippen molar-refractivity contribution in [3.63, 3.8) is 0 Å². The first-order valence-electron chi connectivity index (χ1n) is 8.80. The highest BCUT2D eigenvalue weighted by atomic mass is 16.2. The normalized spacial score (nSPS) is 18.0. The Balaban J connectivity index is 1.87. The summed E-state index contributed by atoms with van der Waals surface area (Å²) in [5, 5.41) is 10.7. The summed E-state index contributed by atoms with van der Waals surface area (Å²) in [6.45, 7) is 6.82. The van der Waals surface area contributed by atoms with Crippen LogP contribution >= 0.6 is 0 Å². The van der Waals surface area contributed by atoms with Crippen LogP contribution in [0.15, 0.2) is 24.3 Å². The van der Waals surface area contributed by atoms with E-state index in [1.54, 1.807) is 4.68 Å². The van der Waals surface area contributed by atoms with E-state index >= 15 is 0 Å². The van der Waals surface area contributed by atoms with Gasteiger partial charge in [0.2, 0.25) is 17.7 Å². The van der Waals surface area contributed by atoms with Crippen molar-refractivity contribution in [2.45, 2.75) is 46.1 Å². The minimum atomic E-state index is -0.475. The van der Waals surface area contributed by atoms with Crippen LogP contribution in [-0.4, -0.2) is 34.0 Å². The Morgan fingerprint density at radius 2 is 2.04 bits per heavy atom.